The fourth-order valence-corrected chi connectivity index (χ4v) is 3.41. The van der Waals surface area contributed by atoms with Gasteiger partial charge in [-0.2, -0.15) is 0 Å². The number of benzene rings is 1. The summed E-state index contributed by atoms with van der Waals surface area (Å²) in [5.74, 6) is 0. The van der Waals surface area contributed by atoms with Crippen molar-refractivity contribution in [3.63, 3.8) is 0 Å². The minimum absolute atomic E-state index is 0.423. The number of hydrogen-bond acceptors (Lipinski definition) is 3. The lowest BCUT2D eigenvalue weighted by Crippen LogP contribution is -2.26. The van der Waals surface area contributed by atoms with Gasteiger partial charge in [0, 0.05) is 13.1 Å². The average Bonchev–Trinajstić information content (AvgIpc) is 2.45. The summed E-state index contributed by atoms with van der Waals surface area (Å²) in [6.07, 6.45) is 2.55. The Morgan fingerprint density at radius 1 is 1.15 bits per heavy atom. The molecule has 0 fully saturated rings. The van der Waals surface area contributed by atoms with E-state index in [2.05, 4.69) is 10.0 Å². The van der Waals surface area contributed by atoms with Gasteiger partial charge in [-0.25, -0.2) is 13.1 Å². The van der Waals surface area contributed by atoms with Crippen LogP contribution in [0.2, 0.25) is 0 Å². The SMILES string of the molecule is CCCCNS(=O)(=O)c1cc(CNCC)ccc1CC. The maximum Gasteiger partial charge on any atom is 0.240 e. The highest BCUT2D eigenvalue weighted by atomic mass is 32.2. The van der Waals surface area contributed by atoms with E-state index in [1.54, 1.807) is 6.07 Å². The van der Waals surface area contributed by atoms with Crippen LogP contribution in [0.1, 0.15) is 44.7 Å². The zero-order valence-electron chi connectivity index (χ0n) is 12.7. The lowest BCUT2D eigenvalue weighted by molar-refractivity contribution is 0.577. The van der Waals surface area contributed by atoms with Crippen molar-refractivity contribution in [3.8, 4) is 0 Å². The Balaban J connectivity index is 3.00. The second-order valence-electron chi connectivity index (χ2n) is 4.83. The Morgan fingerprint density at radius 3 is 2.50 bits per heavy atom. The van der Waals surface area contributed by atoms with Crippen molar-refractivity contribution >= 4 is 10.0 Å². The summed E-state index contributed by atoms with van der Waals surface area (Å²) in [6, 6.07) is 5.70. The normalized spacial score (nSPS) is 11.8. The lowest BCUT2D eigenvalue weighted by atomic mass is 10.1. The van der Waals surface area contributed by atoms with E-state index in [4.69, 9.17) is 0 Å². The minimum atomic E-state index is -3.40. The van der Waals surface area contributed by atoms with Gasteiger partial charge in [-0.1, -0.05) is 39.3 Å². The summed E-state index contributed by atoms with van der Waals surface area (Å²) in [5, 5.41) is 3.22. The molecule has 0 atom stereocenters. The number of unbranched alkanes of at least 4 members (excludes halogenated alkanes) is 1. The zero-order valence-corrected chi connectivity index (χ0v) is 13.5. The molecule has 1 aromatic carbocycles. The molecule has 0 saturated heterocycles. The first-order valence-electron chi connectivity index (χ1n) is 7.37. The fourth-order valence-electron chi connectivity index (χ4n) is 1.98. The van der Waals surface area contributed by atoms with Gasteiger partial charge in [0.15, 0.2) is 0 Å². The first kappa shape index (κ1) is 17.1. The van der Waals surface area contributed by atoms with Crippen LogP contribution in [-0.2, 0) is 23.0 Å². The summed E-state index contributed by atoms with van der Waals surface area (Å²) < 4.78 is 27.4. The van der Waals surface area contributed by atoms with Crippen LogP contribution in [0.15, 0.2) is 23.1 Å². The van der Waals surface area contributed by atoms with E-state index in [1.807, 2.05) is 32.9 Å². The molecule has 0 unspecified atom stereocenters. The van der Waals surface area contributed by atoms with Crippen molar-refractivity contribution in [3.05, 3.63) is 29.3 Å². The Morgan fingerprint density at radius 2 is 1.90 bits per heavy atom. The van der Waals surface area contributed by atoms with Gasteiger partial charge in [-0.15, -0.1) is 0 Å². The molecule has 114 valence electrons. The van der Waals surface area contributed by atoms with Crippen LogP contribution in [-0.4, -0.2) is 21.5 Å². The standard InChI is InChI=1S/C15H26N2O2S/c1-4-7-10-17-20(18,19)15-11-13(12-16-6-3)8-9-14(15)5-2/h8-9,11,16-17H,4-7,10,12H2,1-3H3. The minimum Gasteiger partial charge on any atom is -0.313 e. The average molecular weight is 298 g/mol. The Labute approximate surface area is 123 Å². The van der Waals surface area contributed by atoms with Crippen molar-refractivity contribution in [1.29, 1.82) is 0 Å². The smallest absolute Gasteiger partial charge is 0.240 e. The molecular formula is C15H26N2O2S. The quantitative estimate of drug-likeness (QED) is 0.688. The third-order valence-corrected chi connectivity index (χ3v) is 4.75. The molecule has 0 aliphatic rings. The summed E-state index contributed by atoms with van der Waals surface area (Å²) in [7, 11) is -3.40. The second kappa shape index (κ2) is 8.39. The molecule has 0 heterocycles. The molecule has 1 aromatic rings. The van der Waals surface area contributed by atoms with Crippen molar-refractivity contribution in [1.82, 2.24) is 10.0 Å². The first-order chi connectivity index (χ1) is 9.55. The zero-order chi connectivity index (χ0) is 15.0. The van der Waals surface area contributed by atoms with Crippen molar-refractivity contribution in [2.75, 3.05) is 13.1 Å². The third kappa shape index (κ3) is 4.89. The third-order valence-electron chi connectivity index (χ3n) is 3.20. The van der Waals surface area contributed by atoms with E-state index in [0.717, 1.165) is 30.5 Å². The largest absolute Gasteiger partial charge is 0.313 e. The highest BCUT2D eigenvalue weighted by Crippen LogP contribution is 2.18. The number of sulfonamides is 1. The maximum absolute atomic E-state index is 12.4. The number of aryl methyl sites for hydroxylation is 1. The topological polar surface area (TPSA) is 58.2 Å². The number of hydrogen-bond donors (Lipinski definition) is 2. The van der Waals surface area contributed by atoms with Gasteiger partial charge < -0.3 is 5.32 Å². The van der Waals surface area contributed by atoms with Gasteiger partial charge in [0.1, 0.15) is 0 Å². The molecule has 20 heavy (non-hydrogen) atoms. The maximum atomic E-state index is 12.4. The van der Waals surface area contributed by atoms with E-state index < -0.39 is 10.0 Å². The lowest BCUT2D eigenvalue weighted by Gasteiger charge is -2.12. The first-order valence-corrected chi connectivity index (χ1v) is 8.85. The second-order valence-corrected chi connectivity index (χ2v) is 6.56. The predicted molar refractivity (Wildman–Crippen MR) is 83.3 cm³/mol. The van der Waals surface area contributed by atoms with Crippen LogP contribution in [0.3, 0.4) is 0 Å². The van der Waals surface area contributed by atoms with Crippen LogP contribution >= 0.6 is 0 Å². The number of rotatable bonds is 9. The summed E-state index contributed by atoms with van der Waals surface area (Å²) in [6.45, 7) is 8.11. The van der Waals surface area contributed by atoms with Crippen LogP contribution in [0.25, 0.3) is 0 Å². The Bertz CT molecular complexity index is 513. The van der Waals surface area contributed by atoms with Gasteiger partial charge >= 0.3 is 0 Å². The molecule has 0 saturated carbocycles. The van der Waals surface area contributed by atoms with Gasteiger partial charge in [0.05, 0.1) is 4.90 Å². The van der Waals surface area contributed by atoms with E-state index in [1.165, 1.54) is 0 Å². The van der Waals surface area contributed by atoms with E-state index in [-0.39, 0.29) is 0 Å². The molecule has 0 aliphatic heterocycles. The molecule has 0 aromatic heterocycles. The molecule has 4 nitrogen and oxygen atoms in total. The van der Waals surface area contributed by atoms with Crippen LogP contribution in [0.5, 0.6) is 0 Å². The Kier molecular flexibility index (Phi) is 7.19. The monoisotopic (exact) mass is 298 g/mol. The fraction of sp³-hybridized carbons (Fsp3) is 0.600. The highest BCUT2D eigenvalue weighted by molar-refractivity contribution is 7.89. The molecule has 0 amide bonds. The molecule has 0 spiro atoms. The molecule has 5 heteroatoms. The van der Waals surface area contributed by atoms with Gasteiger partial charge in [0.2, 0.25) is 10.0 Å². The molecule has 0 radical (unpaired) electrons. The van der Waals surface area contributed by atoms with Crippen LogP contribution in [0.4, 0.5) is 0 Å². The summed E-state index contributed by atoms with van der Waals surface area (Å²) in [5.41, 5.74) is 1.87. The van der Waals surface area contributed by atoms with E-state index in [0.29, 0.717) is 24.4 Å². The van der Waals surface area contributed by atoms with Gasteiger partial charge in [-0.05, 0) is 36.6 Å². The molecule has 2 N–H and O–H groups in total. The molecular weight excluding hydrogens is 272 g/mol. The van der Waals surface area contributed by atoms with Crippen molar-refractivity contribution in [2.45, 2.75) is 51.5 Å². The van der Waals surface area contributed by atoms with Gasteiger partial charge in [-0.3, -0.25) is 0 Å². The summed E-state index contributed by atoms with van der Waals surface area (Å²) in [4.78, 5) is 0.423. The molecule has 1 rings (SSSR count). The van der Waals surface area contributed by atoms with Crippen LogP contribution < -0.4 is 10.0 Å². The van der Waals surface area contributed by atoms with Crippen molar-refractivity contribution < 1.29 is 8.42 Å². The molecule has 0 bridgehead atoms. The van der Waals surface area contributed by atoms with E-state index in [9.17, 15) is 8.42 Å². The Hall–Kier alpha value is -0.910. The number of nitrogens with one attached hydrogen (secondary N) is 2. The van der Waals surface area contributed by atoms with Crippen LogP contribution in [0, 0.1) is 0 Å². The van der Waals surface area contributed by atoms with Gasteiger partial charge in [0.25, 0.3) is 0 Å². The highest BCUT2D eigenvalue weighted by Gasteiger charge is 2.17. The molecule has 0 aliphatic carbocycles. The predicted octanol–water partition coefficient (Wildman–Crippen LogP) is 2.44. The summed E-state index contributed by atoms with van der Waals surface area (Å²) >= 11 is 0. The van der Waals surface area contributed by atoms with Crippen molar-refractivity contribution in [2.24, 2.45) is 0 Å². The van der Waals surface area contributed by atoms with E-state index >= 15 is 0 Å².